The maximum atomic E-state index is 13.7. The lowest BCUT2D eigenvalue weighted by Gasteiger charge is -2.42. The van der Waals surface area contributed by atoms with Crippen LogP contribution in [-0.4, -0.2) is 214 Å². The molecule has 0 amide bonds. The second kappa shape index (κ2) is 44.6. The van der Waals surface area contributed by atoms with E-state index in [1.54, 1.807) is 150 Å². The summed E-state index contributed by atoms with van der Waals surface area (Å²) in [6.07, 6.45) is 0. The quantitative estimate of drug-likeness (QED) is 0.0331. The van der Waals surface area contributed by atoms with Crippen LogP contribution in [0.15, 0.2) is 301 Å². The molecule has 4 aliphatic rings. The van der Waals surface area contributed by atoms with Crippen LogP contribution in [0, 0.1) is 23.3 Å². The molecule has 4 saturated heterocycles. The SMILES string of the molecule is CC(C)(O)c1ccc(N2CCN(S(=O)(=O)c3cccs3)C[C@@H]2C[S@@](=O)c2cccc(F)c2)cc1.CC(C)(O)c1ccc(N2CCN(S(=O)(=O)c3cccs3)C[C@@H]2C[S@@](=O)c2cccc(F)c2)cc1.CC(C)(O)c1ccc(N2CCN(S(=O)(=O)c3cccs3)C[C@@H]2C[S@](=O)c2cccc(F)c2)cc1.CC(C)(O)c1ccc(N2CCN(S(=O)(=O)c3cccs3)C[C@@H]2C[S@](=O)c2cccc(F)c2)cc1. The predicted molar refractivity (Wildman–Crippen MR) is 534 cm³/mol. The summed E-state index contributed by atoms with van der Waals surface area (Å²) in [4.78, 5) is 9.67. The van der Waals surface area contributed by atoms with Gasteiger partial charge >= 0.3 is 0 Å². The Kier molecular flexibility index (Phi) is 34.4. The first-order chi connectivity index (χ1) is 64.2. The summed E-state index contributed by atoms with van der Waals surface area (Å²) in [6, 6.07) is 64.1. The molecule has 16 rings (SSSR count). The van der Waals surface area contributed by atoms with Crippen LogP contribution in [0.5, 0.6) is 0 Å². The molecule has 4 aromatic heterocycles. The van der Waals surface area contributed by atoms with Crippen molar-refractivity contribution in [1.82, 2.24) is 17.2 Å². The van der Waals surface area contributed by atoms with Gasteiger partial charge in [0.1, 0.15) is 40.1 Å². The number of hydrogen-bond acceptors (Lipinski definition) is 24. The highest BCUT2D eigenvalue weighted by Gasteiger charge is 2.42. The number of nitrogens with zero attached hydrogens (tertiary/aromatic N) is 8. The number of thiophene rings is 4. The lowest BCUT2D eigenvalue weighted by Crippen LogP contribution is -2.56. The number of anilines is 4. The van der Waals surface area contributed by atoms with Crippen molar-refractivity contribution < 1.29 is 88.5 Å². The van der Waals surface area contributed by atoms with Gasteiger partial charge in [0.25, 0.3) is 40.1 Å². The molecule has 0 spiro atoms. The number of halogens is 4. The lowest BCUT2D eigenvalue weighted by atomic mass is 9.98. The van der Waals surface area contributed by atoms with E-state index in [1.165, 1.54) is 135 Å². The Balaban J connectivity index is 0.000000153. The van der Waals surface area contributed by atoms with Gasteiger partial charge in [-0.3, -0.25) is 16.8 Å². The largest absolute Gasteiger partial charge is 0.386 e. The molecule has 8 heterocycles. The zero-order valence-electron chi connectivity index (χ0n) is 75.7. The van der Waals surface area contributed by atoms with Crippen molar-refractivity contribution in [2.24, 2.45) is 0 Å². The second-order valence-electron chi connectivity index (χ2n) is 34.9. The van der Waals surface area contributed by atoms with E-state index in [0.29, 0.717) is 45.8 Å². The number of rotatable bonds is 28. The van der Waals surface area contributed by atoms with Crippen LogP contribution in [0.1, 0.15) is 77.6 Å². The van der Waals surface area contributed by atoms with Gasteiger partial charge in [-0.1, -0.05) is 97.1 Å². The maximum Gasteiger partial charge on any atom is 0.252 e. The highest BCUT2D eigenvalue weighted by atomic mass is 32.3. The Bertz CT molecular complexity index is 5820. The third-order valence-corrected chi connectivity index (χ3v) is 42.2. The first kappa shape index (κ1) is 105. The van der Waals surface area contributed by atoms with Gasteiger partial charge in [-0.05, 0) is 245 Å². The minimum atomic E-state index is -3.66. The topological polar surface area (TPSA) is 312 Å². The molecule has 8 aromatic carbocycles. The molecule has 0 saturated carbocycles. The fraction of sp³-hybridized carbons (Fsp3) is 0.333. The summed E-state index contributed by atoms with van der Waals surface area (Å²) in [7, 11) is -20.7. The van der Waals surface area contributed by atoms with Crippen molar-refractivity contribution in [2.75, 3.05) is 121 Å². The van der Waals surface area contributed by atoms with Crippen molar-refractivity contribution in [3.63, 3.8) is 0 Å². The molecule has 728 valence electrons. The number of sulfonamides is 4. The molecule has 40 heteroatoms. The summed E-state index contributed by atoms with van der Waals surface area (Å²) in [6.45, 7) is 17.1. The van der Waals surface area contributed by atoms with Crippen LogP contribution >= 0.6 is 45.3 Å². The van der Waals surface area contributed by atoms with Gasteiger partial charge in [0.2, 0.25) is 0 Å². The summed E-state index contributed by atoms with van der Waals surface area (Å²) in [5.41, 5.74) is 2.51. The molecular formula is C96H108F4N8O16S12. The summed E-state index contributed by atoms with van der Waals surface area (Å²) in [5, 5.41) is 48.0. The lowest BCUT2D eigenvalue weighted by molar-refractivity contribution is 0.0780. The fourth-order valence-corrected chi connectivity index (χ4v) is 31.7. The first-order valence-electron chi connectivity index (χ1n) is 43.3. The van der Waals surface area contributed by atoms with E-state index < -0.39 is 129 Å². The van der Waals surface area contributed by atoms with Gasteiger partial charge in [-0.15, -0.1) is 45.3 Å². The van der Waals surface area contributed by atoms with Gasteiger partial charge < -0.3 is 40.0 Å². The van der Waals surface area contributed by atoms with Gasteiger partial charge in [-0.25, -0.2) is 51.2 Å². The molecule has 0 unspecified atom stereocenters. The summed E-state index contributed by atoms with van der Waals surface area (Å²) < 4.78 is 219. The summed E-state index contributed by atoms with van der Waals surface area (Å²) in [5.74, 6) is -1.27. The number of piperazine rings is 4. The highest BCUT2D eigenvalue weighted by molar-refractivity contribution is 7.92. The van der Waals surface area contributed by atoms with Gasteiger partial charge in [-0.2, -0.15) is 17.2 Å². The van der Waals surface area contributed by atoms with E-state index in [1.807, 2.05) is 117 Å². The van der Waals surface area contributed by atoms with Crippen LogP contribution in [0.3, 0.4) is 0 Å². The maximum absolute atomic E-state index is 13.7. The Morgan fingerprint density at radius 2 is 0.463 bits per heavy atom. The molecule has 24 nitrogen and oxygen atoms in total. The molecule has 4 N–H and O–H groups in total. The van der Waals surface area contributed by atoms with Crippen LogP contribution in [0.25, 0.3) is 0 Å². The molecule has 136 heavy (non-hydrogen) atoms. The van der Waals surface area contributed by atoms with Crippen molar-refractivity contribution >= 4 is 151 Å². The van der Waals surface area contributed by atoms with Crippen molar-refractivity contribution in [3.05, 3.63) is 310 Å². The monoisotopic (exact) mass is 2090 g/mol. The zero-order chi connectivity index (χ0) is 98.0. The van der Waals surface area contributed by atoms with E-state index in [0.717, 1.165) is 45.0 Å². The molecule has 12 aromatic rings. The molecule has 4 fully saturated rings. The Hall–Kier alpha value is -8.44. The predicted octanol–water partition coefficient (Wildman–Crippen LogP) is 15.2. The van der Waals surface area contributed by atoms with Crippen LogP contribution in [-0.2, 0) is 106 Å². The van der Waals surface area contributed by atoms with Crippen molar-refractivity contribution in [1.29, 1.82) is 0 Å². The highest BCUT2D eigenvalue weighted by Crippen LogP contribution is 2.37. The molecule has 4 aliphatic heterocycles. The fourth-order valence-electron chi connectivity index (χ4n) is 16.0. The molecular weight excluding hydrogens is 1980 g/mol. The second-order valence-corrected chi connectivity index (χ2v) is 53.3. The Morgan fingerprint density at radius 3 is 0.618 bits per heavy atom. The third-order valence-electron chi connectivity index (χ3n) is 23.4. The van der Waals surface area contributed by atoms with Gasteiger partial charge in [0, 0.05) is 144 Å². The average Bonchev–Trinajstić information content (AvgIpc) is 1.35. The van der Waals surface area contributed by atoms with E-state index in [2.05, 4.69) is 0 Å². The molecule has 0 bridgehead atoms. The van der Waals surface area contributed by atoms with Crippen LogP contribution in [0.4, 0.5) is 40.3 Å². The van der Waals surface area contributed by atoms with Crippen molar-refractivity contribution in [2.45, 2.75) is 138 Å². The van der Waals surface area contributed by atoms with E-state index in [-0.39, 0.29) is 116 Å². The third kappa shape index (κ3) is 26.4. The Morgan fingerprint density at radius 1 is 0.279 bits per heavy atom. The standard InChI is InChI=1S/4C24H27FN2O4S3/c4*1-24(2,28)18-8-10-20(11-9-18)27-13-12-26(34(30,31)23-7-4-14-32-23)16-21(27)17-33(29)22-6-3-5-19(25)15-22/h4*3-11,14-15,21,28H,12-13,16-17H2,1-2H3/t2*21-,33+;2*21-,33-/m1111/s1. The van der Waals surface area contributed by atoms with Gasteiger partial charge in [0.15, 0.2) is 0 Å². The average molecular weight is 2090 g/mol. The molecule has 8 atom stereocenters. The smallest absolute Gasteiger partial charge is 0.252 e. The molecule has 0 radical (unpaired) electrons. The van der Waals surface area contributed by atoms with Crippen LogP contribution < -0.4 is 19.6 Å². The summed E-state index contributed by atoms with van der Waals surface area (Å²) >= 11 is 4.68. The van der Waals surface area contributed by atoms with E-state index in [9.17, 15) is 88.5 Å². The Labute approximate surface area is 819 Å². The first-order valence-corrected chi connectivity index (χ1v) is 57.9. The minimum absolute atomic E-state index is 0.146. The normalized spacial score (nSPS) is 18.7. The van der Waals surface area contributed by atoms with E-state index in [4.69, 9.17) is 0 Å². The number of aliphatic hydroxyl groups is 4. The van der Waals surface area contributed by atoms with Crippen LogP contribution in [0.2, 0.25) is 0 Å². The zero-order valence-corrected chi connectivity index (χ0v) is 85.5. The number of benzene rings is 8. The molecule has 0 aliphatic carbocycles. The minimum Gasteiger partial charge on any atom is -0.386 e. The van der Waals surface area contributed by atoms with E-state index >= 15 is 0 Å². The number of hydrogen-bond donors (Lipinski definition) is 4. The van der Waals surface area contributed by atoms with Gasteiger partial charge in [0.05, 0.1) is 89.8 Å². The van der Waals surface area contributed by atoms with Crippen molar-refractivity contribution in [3.8, 4) is 0 Å².